The van der Waals surface area contributed by atoms with Crippen molar-refractivity contribution in [1.82, 2.24) is 5.43 Å². The summed E-state index contributed by atoms with van der Waals surface area (Å²) in [6, 6.07) is 7.43. The molecule has 0 bridgehead atoms. The fraction of sp³-hybridized carbons (Fsp3) is 0.176. The van der Waals surface area contributed by atoms with Crippen molar-refractivity contribution < 1.29 is 19.6 Å². The number of nitro benzene ring substituents is 1. The molecule has 0 spiro atoms. The lowest BCUT2D eigenvalue weighted by Gasteiger charge is -2.11. The Hall–Kier alpha value is -2.69. The van der Waals surface area contributed by atoms with Gasteiger partial charge in [-0.3, -0.25) is 14.9 Å². The number of benzene rings is 2. The zero-order valence-electron chi connectivity index (χ0n) is 14.0. The van der Waals surface area contributed by atoms with E-state index in [2.05, 4.69) is 33.1 Å². The van der Waals surface area contributed by atoms with Crippen molar-refractivity contribution in [2.24, 2.45) is 5.10 Å². The molecule has 0 aliphatic heterocycles. The predicted molar refractivity (Wildman–Crippen MR) is 105 cm³/mol. The van der Waals surface area contributed by atoms with E-state index >= 15 is 0 Å². The van der Waals surface area contributed by atoms with Gasteiger partial charge in [-0.1, -0.05) is 0 Å². The minimum Gasteiger partial charge on any atom is -0.508 e. The second kappa shape index (κ2) is 8.61. The molecule has 9 heteroatoms. The number of nitrogens with one attached hydrogen (secondary N) is 1. The van der Waals surface area contributed by atoms with Crippen molar-refractivity contribution in [3.8, 4) is 11.5 Å². The first-order valence-electron chi connectivity index (χ1n) is 7.47. The van der Waals surface area contributed by atoms with Gasteiger partial charge in [0.15, 0.2) is 6.61 Å². The van der Waals surface area contributed by atoms with Crippen LogP contribution in [0.1, 0.15) is 16.7 Å². The Morgan fingerprint density at radius 2 is 2.00 bits per heavy atom. The maximum atomic E-state index is 11.8. The molecule has 1 amide bonds. The number of nitro groups is 1. The van der Waals surface area contributed by atoms with Gasteiger partial charge >= 0.3 is 0 Å². The van der Waals surface area contributed by atoms with E-state index in [0.717, 1.165) is 27.0 Å². The van der Waals surface area contributed by atoms with Gasteiger partial charge in [0, 0.05) is 9.64 Å². The van der Waals surface area contributed by atoms with E-state index in [0.29, 0.717) is 5.75 Å². The van der Waals surface area contributed by atoms with Crippen LogP contribution in [-0.2, 0) is 4.79 Å². The lowest BCUT2D eigenvalue weighted by atomic mass is 10.1. The number of phenols is 1. The molecule has 2 rings (SSSR count). The van der Waals surface area contributed by atoms with Crippen LogP contribution in [0.5, 0.6) is 11.5 Å². The van der Waals surface area contributed by atoms with Gasteiger partial charge in [-0.2, -0.15) is 5.10 Å². The highest BCUT2D eigenvalue weighted by Crippen LogP contribution is 2.25. The minimum atomic E-state index is -0.603. The highest BCUT2D eigenvalue weighted by atomic mass is 127. The third-order valence-electron chi connectivity index (χ3n) is 3.37. The lowest BCUT2D eigenvalue weighted by Crippen LogP contribution is -2.25. The van der Waals surface area contributed by atoms with Crippen molar-refractivity contribution in [2.45, 2.75) is 13.8 Å². The average Bonchev–Trinajstić information content (AvgIpc) is 2.53. The van der Waals surface area contributed by atoms with Crippen molar-refractivity contribution in [2.75, 3.05) is 6.61 Å². The fourth-order valence-electron chi connectivity index (χ4n) is 2.28. The summed E-state index contributed by atoms with van der Waals surface area (Å²) in [4.78, 5) is 22.2. The summed E-state index contributed by atoms with van der Waals surface area (Å²) in [6.45, 7) is 3.53. The Morgan fingerprint density at radius 1 is 1.35 bits per heavy atom. The second-order valence-corrected chi connectivity index (χ2v) is 6.70. The van der Waals surface area contributed by atoms with Gasteiger partial charge in [0.05, 0.1) is 16.7 Å². The summed E-state index contributed by atoms with van der Waals surface area (Å²) in [5.74, 6) is -0.0223. The molecule has 26 heavy (non-hydrogen) atoms. The molecule has 2 aromatic carbocycles. The van der Waals surface area contributed by atoms with Crippen LogP contribution >= 0.6 is 22.6 Å². The standard InChI is InChI=1S/C17H16IN3O5/c1-10-5-13(18)6-11(2)17(10)26-9-16(23)20-19-8-12-7-14(22)3-4-15(12)21(24)25/h3-8,22H,9H2,1-2H3,(H,20,23)/b19-8-. The molecular weight excluding hydrogens is 453 g/mol. The second-order valence-electron chi connectivity index (χ2n) is 5.45. The number of carbonyl (C=O) groups excluding carboxylic acids is 1. The summed E-state index contributed by atoms with van der Waals surface area (Å²) in [7, 11) is 0. The van der Waals surface area contributed by atoms with Crippen LogP contribution in [0, 0.1) is 27.5 Å². The molecule has 0 saturated carbocycles. The number of hydrogen-bond acceptors (Lipinski definition) is 6. The number of ether oxygens (including phenoxy) is 1. The molecule has 0 fully saturated rings. The molecule has 0 aromatic heterocycles. The molecule has 2 N–H and O–H groups in total. The molecular formula is C17H16IN3O5. The summed E-state index contributed by atoms with van der Waals surface area (Å²) >= 11 is 2.20. The zero-order valence-corrected chi connectivity index (χ0v) is 16.2. The first kappa shape index (κ1) is 19.6. The summed E-state index contributed by atoms with van der Waals surface area (Å²) in [6.07, 6.45) is 1.09. The van der Waals surface area contributed by atoms with Crippen LogP contribution in [0.25, 0.3) is 0 Å². The van der Waals surface area contributed by atoms with Crippen LogP contribution in [0.4, 0.5) is 5.69 Å². The van der Waals surface area contributed by atoms with Crippen LogP contribution in [0.15, 0.2) is 35.4 Å². The molecule has 0 aliphatic rings. The molecule has 0 radical (unpaired) electrons. The maximum Gasteiger partial charge on any atom is 0.278 e. The van der Waals surface area contributed by atoms with Gasteiger partial charge in [0.25, 0.3) is 11.6 Å². The van der Waals surface area contributed by atoms with Crippen molar-refractivity contribution in [3.05, 3.63) is 60.7 Å². The fourth-order valence-corrected chi connectivity index (χ4v) is 3.21. The number of hydrogen-bond donors (Lipinski definition) is 2. The van der Waals surface area contributed by atoms with Gasteiger partial charge < -0.3 is 9.84 Å². The molecule has 2 aromatic rings. The van der Waals surface area contributed by atoms with E-state index < -0.39 is 10.8 Å². The summed E-state index contributed by atoms with van der Waals surface area (Å²) in [5, 5.41) is 24.0. The topological polar surface area (TPSA) is 114 Å². The van der Waals surface area contributed by atoms with E-state index in [-0.39, 0.29) is 23.6 Å². The number of aryl methyl sites for hydroxylation is 2. The molecule has 0 unspecified atom stereocenters. The number of phenolic OH excluding ortho intramolecular Hbond substituents is 1. The largest absolute Gasteiger partial charge is 0.508 e. The predicted octanol–water partition coefficient (Wildman–Crippen LogP) is 3.05. The highest BCUT2D eigenvalue weighted by molar-refractivity contribution is 14.1. The van der Waals surface area contributed by atoms with E-state index in [1.54, 1.807) is 0 Å². The van der Waals surface area contributed by atoms with E-state index in [1.807, 2.05) is 26.0 Å². The molecule has 8 nitrogen and oxygen atoms in total. The zero-order chi connectivity index (χ0) is 19.3. The van der Waals surface area contributed by atoms with Gasteiger partial charge in [0.2, 0.25) is 0 Å². The van der Waals surface area contributed by atoms with Crippen LogP contribution in [0.3, 0.4) is 0 Å². The lowest BCUT2D eigenvalue weighted by molar-refractivity contribution is -0.385. The molecule has 0 saturated heterocycles. The number of nitrogens with zero attached hydrogens (tertiary/aromatic N) is 2. The number of amides is 1. The number of aromatic hydroxyl groups is 1. The van der Waals surface area contributed by atoms with Crippen LogP contribution < -0.4 is 10.2 Å². The quantitative estimate of drug-likeness (QED) is 0.292. The van der Waals surface area contributed by atoms with Crippen molar-refractivity contribution in [3.63, 3.8) is 0 Å². The maximum absolute atomic E-state index is 11.8. The summed E-state index contributed by atoms with van der Waals surface area (Å²) in [5.41, 5.74) is 3.91. The van der Waals surface area contributed by atoms with Crippen LogP contribution in [-0.4, -0.2) is 28.8 Å². The Balaban J connectivity index is 1.99. The van der Waals surface area contributed by atoms with E-state index in [4.69, 9.17) is 4.74 Å². The third kappa shape index (κ3) is 5.15. The Morgan fingerprint density at radius 3 is 2.62 bits per heavy atom. The van der Waals surface area contributed by atoms with E-state index in [1.165, 1.54) is 12.1 Å². The monoisotopic (exact) mass is 469 g/mol. The molecule has 0 atom stereocenters. The highest BCUT2D eigenvalue weighted by Gasteiger charge is 2.13. The van der Waals surface area contributed by atoms with Gasteiger partial charge in [0.1, 0.15) is 11.5 Å². The van der Waals surface area contributed by atoms with Gasteiger partial charge in [-0.05, 0) is 71.8 Å². The van der Waals surface area contributed by atoms with Gasteiger partial charge in [-0.15, -0.1) is 0 Å². The SMILES string of the molecule is Cc1cc(I)cc(C)c1OCC(=O)N/N=C\c1cc(O)ccc1[N+](=O)[O-]. The van der Waals surface area contributed by atoms with Crippen molar-refractivity contribution >= 4 is 40.4 Å². The smallest absolute Gasteiger partial charge is 0.278 e. The van der Waals surface area contributed by atoms with E-state index in [9.17, 15) is 20.0 Å². The van der Waals surface area contributed by atoms with Crippen LogP contribution in [0.2, 0.25) is 0 Å². The molecule has 0 aliphatic carbocycles. The molecule has 136 valence electrons. The third-order valence-corrected chi connectivity index (χ3v) is 4.00. The Bertz CT molecular complexity index is 860. The first-order valence-corrected chi connectivity index (χ1v) is 8.54. The van der Waals surface area contributed by atoms with Crippen molar-refractivity contribution in [1.29, 1.82) is 0 Å². The summed E-state index contributed by atoms with van der Waals surface area (Å²) < 4.78 is 6.61. The average molecular weight is 469 g/mol. The van der Waals surface area contributed by atoms with Gasteiger partial charge in [-0.25, -0.2) is 5.43 Å². The Kier molecular flexibility index (Phi) is 6.50. The first-order chi connectivity index (χ1) is 12.3. The normalized spacial score (nSPS) is 10.7. The minimum absolute atomic E-state index is 0.0699. The number of halogens is 1. The number of carbonyl (C=O) groups is 1. The molecule has 0 heterocycles. The number of rotatable bonds is 6. The Labute approximate surface area is 163 Å². The number of hydrazone groups is 1.